The van der Waals surface area contributed by atoms with Crippen LogP contribution in [0.2, 0.25) is 0 Å². The van der Waals surface area contributed by atoms with E-state index in [9.17, 15) is 4.39 Å². The van der Waals surface area contributed by atoms with Gasteiger partial charge in [-0.3, -0.25) is 0 Å². The number of aliphatic hydroxyl groups is 1. The first kappa shape index (κ1) is 11.5. The van der Waals surface area contributed by atoms with Gasteiger partial charge in [-0.1, -0.05) is 6.07 Å². The first-order valence-electron chi connectivity index (χ1n) is 5.15. The Hall–Kier alpha value is -2.01. The fraction of sp³-hybridized carbons (Fsp3) is 0.167. The van der Waals surface area contributed by atoms with Crippen LogP contribution >= 0.6 is 0 Å². The topological polar surface area (TPSA) is 58.0 Å². The molecular formula is C12H12FN3O. The van der Waals surface area contributed by atoms with E-state index in [4.69, 9.17) is 5.11 Å². The summed E-state index contributed by atoms with van der Waals surface area (Å²) in [6.45, 7) is 1.65. The predicted molar refractivity (Wildman–Crippen MR) is 62.4 cm³/mol. The van der Waals surface area contributed by atoms with Crippen LogP contribution in [-0.2, 0) is 6.61 Å². The molecule has 0 saturated heterocycles. The van der Waals surface area contributed by atoms with Crippen LogP contribution in [0.4, 0.5) is 15.9 Å². The lowest BCUT2D eigenvalue weighted by Gasteiger charge is -2.09. The summed E-state index contributed by atoms with van der Waals surface area (Å²) in [5, 5.41) is 11.9. The number of nitrogens with one attached hydrogen (secondary N) is 1. The molecular weight excluding hydrogens is 221 g/mol. The van der Waals surface area contributed by atoms with Crippen molar-refractivity contribution in [1.29, 1.82) is 0 Å². The minimum Gasteiger partial charge on any atom is -0.388 e. The van der Waals surface area contributed by atoms with Crippen LogP contribution in [0.15, 0.2) is 30.5 Å². The summed E-state index contributed by atoms with van der Waals surface area (Å²) in [7, 11) is 0. The highest BCUT2D eigenvalue weighted by Crippen LogP contribution is 2.19. The summed E-state index contributed by atoms with van der Waals surface area (Å²) >= 11 is 0. The van der Waals surface area contributed by atoms with Gasteiger partial charge in [0.15, 0.2) is 5.82 Å². The summed E-state index contributed by atoms with van der Waals surface area (Å²) < 4.78 is 13.1. The second-order valence-corrected chi connectivity index (χ2v) is 3.60. The quantitative estimate of drug-likeness (QED) is 0.852. The Balaban J connectivity index is 2.27. The van der Waals surface area contributed by atoms with E-state index in [0.717, 1.165) is 5.56 Å². The zero-order chi connectivity index (χ0) is 12.3. The molecule has 0 spiro atoms. The van der Waals surface area contributed by atoms with Crippen LogP contribution in [0.3, 0.4) is 0 Å². The first-order valence-corrected chi connectivity index (χ1v) is 5.15. The number of nitrogens with zero attached hydrogens (tertiary/aromatic N) is 2. The van der Waals surface area contributed by atoms with Gasteiger partial charge in [-0.05, 0) is 30.7 Å². The van der Waals surface area contributed by atoms with Crippen molar-refractivity contribution in [2.24, 2.45) is 0 Å². The SMILES string of the molecule is Cc1ccc(F)cc1Nc1ccnc(CO)n1. The van der Waals surface area contributed by atoms with Crippen LogP contribution in [0, 0.1) is 12.7 Å². The van der Waals surface area contributed by atoms with E-state index in [1.165, 1.54) is 18.3 Å². The maximum absolute atomic E-state index is 13.1. The Kier molecular flexibility index (Phi) is 3.30. The summed E-state index contributed by atoms with van der Waals surface area (Å²) in [5.41, 5.74) is 1.56. The second kappa shape index (κ2) is 4.88. The Morgan fingerprint density at radius 2 is 2.18 bits per heavy atom. The number of halogens is 1. The molecule has 2 rings (SSSR count). The van der Waals surface area contributed by atoms with Crippen molar-refractivity contribution >= 4 is 11.5 Å². The molecule has 1 aromatic heterocycles. The lowest BCUT2D eigenvalue weighted by Crippen LogP contribution is -2.00. The smallest absolute Gasteiger partial charge is 0.156 e. The highest BCUT2D eigenvalue weighted by Gasteiger charge is 2.03. The molecule has 5 heteroatoms. The highest BCUT2D eigenvalue weighted by atomic mass is 19.1. The number of anilines is 2. The van der Waals surface area contributed by atoms with E-state index in [-0.39, 0.29) is 12.4 Å². The Labute approximate surface area is 98.2 Å². The predicted octanol–water partition coefficient (Wildman–Crippen LogP) is 2.16. The molecule has 1 aromatic carbocycles. The van der Waals surface area contributed by atoms with Crippen molar-refractivity contribution in [3.63, 3.8) is 0 Å². The lowest BCUT2D eigenvalue weighted by molar-refractivity contribution is 0.271. The molecule has 0 aliphatic heterocycles. The third-order valence-electron chi connectivity index (χ3n) is 2.31. The Morgan fingerprint density at radius 1 is 1.35 bits per heavy atom. The van der Waals surface area contributed by atoms with Crippen molar-refractivity contribution in [3.05, 3.63) is 47.7 Å². The molecule has 0 saturated carbocycles. The number of hydrogen-bond donors (Lipinski definition) is 2. The van der Waals surface area contributed by atoms with E-state index in [1.54, 1.807) is 12.1 Å². The number of rotatable bonds is 3. The Bertz CT molecular complexity index is 531. The van der Waals surface area contributed by atoms with Crippen molar-refractivity contribution in [2.75, 3.05) is 5.32 Å². The van der Waals surface area contributed by atoms with Gasteiger partial charge >= 0.3 is 0 Å². The molecule has 1 heterocycles. The summed E-state index contributed by atoms with van der Waals surface area (Å²) in [6.07, 6.45) is 1.54. The van der Waals surface area contributed by atoms with Crippen LogP contribution in [-0.4, -0.2) is 15.1 Å². The average molecular weight is 233 g/mol. The lowest BCUT2D eigenvalue weighted by atomic mass is 10.2. The molecule has 0 atom stereocenters. The molecule has 0 amide bonds. The summed E-state index contributed by atoms with van der Waals surface area (Å²) in [6, 6.07) is 6.14. The standard InChI is InChI=1S/C12H12FN3O/c1-8-2-3-9(13)6-10(8)15-11-4-5-14-12(7-17)16-11/h2-6,17H,7H2,1H3,(H,14,15,16). The average Bonchev–Trinajstić information content (AvgIpc) is 2.34. The molecule has 0 bridgehead atoms. The maximum Gasteiger partial charge on any atom is 0.156 e. The number of aromatic nitrogens is 2. The van der Waals surface area contributed by atoms with Gasteiger partial charge in [-0.25, -0.2) is 14.4 Å². The van der Waals surface area contributed by atoms with Gasteiger partial charge in [0.05, 0.1) is 0 Å². The van der Waals surface area contributed by atoms with Crippen molar-refractivity contribution in [3.8, 4) is 0 Å². The summed E-state index contributed by atoms with van der Waals surface area (Å²) in [5.74, 6) is 0.538. The number of aryl methyl sites for hydroxylation is 1. The summed E-state index contributed by atoms with van der Waals surface area (Å²) in [4.78, 5) is 7.93. The Morgan fingerprint density at radius 3 is 2.94 bits per heavy atom. The second-order valence-electron chi connectivity index (χ2n) is 3.60. The minimum atomic E-state index is -0.311. The molecule has 0 aliphatic rings. The fourth-order valence-corrected chi connectivity index (χ4v) is 1.41. The molecule has 0 fully saturated rings. The van der Waals surface area contributed by atoms with Crippen molar-refractivity contribution < 1.29 is 9.50 Å². The van der Waals surface area contributed by atoms with E-state index in [1.807, 2.05) is 6.92 Å². The maximum atomic E-state index is 13.1. The molecule has 2 N–H and O–H groups in total. The number of aliphatic hydroxyl groups excluding tert-OH is 1. The number of hydrogen-bond acceptors (Lipinski definition) is 4. The van der Waals surface area contributed by atoms with E-state index >= 15 is 0 Å². The van der Waals surface area contributed by atoms with E-state index in [0.29, 0.717) is 17.3 Å². The zero-order valence-corrected chi connectivity index (χ0v) is 9.31. The van der Waals surface area contributed by atoms with E-state index < -0.39 is 0 Å². The molecule has 0 aliphatic carbocycles. The van der Waals surface area contributed by atoms with Crippen molar-refractivity contribution in [1.82, 2.24) is 9.97 Å². The van der Waals surface area contributed by atoms with Crippen LogP contribution in [0.5, 0.6) is 0 Å². The third kappa shape index (κ3) is 2.76. The molecule has 88 valence electrons. The van der Waals surface area contributed by atoms with Crippen LogP contribution in [0.1, 0.15) is 11.4 Å². The van der Waals surface area contributed by atoms with Gasteiger partial charge in [0, 0.05) is 11.9 Å². The number of benzene rings is 1. The molecule has 0 unspecified atom stereocenters. The van der Waals surface area contributed by atoms with Gasteiger partial charge in [-0.2, -0.15) is 0 Å². The van der Waals surface area contributed by atoms with Gasteiger partial charge in [0.2, 0.25) is 0 Å². The normalized spacial score (nSPS) is 10.3. The molecule has 2 aromatic rings. The third-order valence-corrected chi connectivity index (χ3v) is 2.31. The van der Waals surface area contributed by atoms with E-state index in [2.05, 4.69) is 15.3 Å². The van der Waals surface area contributed by atoms with Gasteiger partial charge in [0.1, 0.15) is 18.2 Å². The largest absolute Gasteiger partial charge is 0.388 e. The van der Waals surface area contributed by atoms with Gasteiger partial charge in [-0.15, -0.1) is 0 Å². The molecule has 4 nitrogen and oxygen atoms in total. The van der Waals surface area contributed by atoms with Gasteiger partial charge < -0.3 is 10.4 Å². The highest BCUT2D eigenvalue weighted by molar-refractivity contribution is 5.59. The first-order chi connectivity index (χ1) is 8.19. The van der Waals surface area contributed by atoms with Crippen LogP contribution < -0.4 is 5.32 Å². The molecule has 17 heavy (non-hydrogen) atoms. The zero-order valence-electron chi connectivity index (χ0n) is 9.31. The van der Waals surface area contributed by atoms with Crippen molar-refractivity contribution in [2.45, 2.75) is 13.5 Å². The van der Waals surface area contributed by atoms with Crippen LogP contribution in [0.25, 0.3) is 0 Å². The monoisotopic (exact) mass is 233 g/mol. The molecule has 0 radical (unpaired) electrons. The van der Waals surface area contributed by atoms with Gasteiger partial charge in [0.25, 0.3) is 0 Å². The fourth-order valence-electron chi connectivity index (χ4n) is 1.41. The minimum absolute atomic E-state index is 0.225.